The van der Waals surface area contributed by atoms with Gasteiger partial charge in [-0.05, 0) is 49.4 Å². The number of nitrogens with one attached hydrogen (secondary N) is 2. The standard InChI is InChI=1S/C23H19FN4O3S2/c1-12-20(33-22(25-12)14-4-7-16(31-3)8-5-14)21(30)28-23-27-19(11-32-23)17-9-6-15(10-18(17)24)26-13(2)29/h4-11H,1-3H3,(H,26,29)(H,27,28,30). The SMILES string of the molecule is COc1ccc(-c2nc(C)c(C(=O)Nc3nc(-c4ccc(NC(C)=O)cc4F)cs3)s2)cc1. The number of halogens is 1. The lowest BCUT2D eigenvalue weighted by atomic mass is 10.1. The van der Waals surface area contributed by atoms with Crippen LogP contribution in [0, 0.1) is 12.7 Å². The van der Waals surface area contributed by atoms with E-state index >= 15 is 0 Å². The number of amides is 2. The Morgan fingerprint density at radius 2 is 1.82 bits per heavy atom. The Bertz CT molecular complexity index is 1330. The molecule has 0 radical (unpaired) electrons. The van der Waals surface area contributed by atoms with Crippen LogP contribution in [0.4, 0.5) is 15.2 Å². The molecule has 33 heavy (non-hydrogen) atoms. The number of carbonyl (C=O) groups excluding carboxylic acids is 2. The first-order chi connectivity index (χ1) is 15.8. The number of ether oxygens (including phenoxy) is 1. The van der Waals surface area contributed by atoms with E-state index in [0.717, 1.165) is 16.3 Å². The average Bonchev–Trinajstić information content (AvgIpc) is 3.40. The molecule has 2 N–H and O–H groups in total. The molecule has 0 bridgehead atoms. The third-order valence-corrected chi connectivity index (χ3v) is 6.59. The number of benzene rings is 2. The second-order valence-corrected chi connectivity index (χ2v) is 8.89. The Morgan fingerprint density at radius 1 is 1.06 bits per heavy atom. The van der Waals surface area contributed by atoms with Crippen LogP contribution in [0.3, 0.4) is 0 Å². The maximum absolute atomic E-state index is 14.5. The molecular formula is C23H19FN4O3S2. The van der Waals surface area contributed by atoms with E-state index in [0.29, 0.717) is 27.1 Å². The number of anilines is 2. The third kappa shape index (κ3) is 5.07. The van der Waals surface area contributed by atoms with Crippen molar-refractivity contribution >= 4 is 45.3 Å². The molecule has 2 amide bonds. The minimum absolute atomic E-state index is 0.275. The van der Waals surface area contributed by atoms with Crippen LogP contribution in [0.25, 0.3) is 21.8 Å². The van der Waals surface area contributed by atoms with E-state index in [9.17, 15) is 14.0 Å². The van der Waals surface area contributed by atoms with Crippen molar-refractivity contribution in [3.05, 3.63) is 64.2 Å². The molecule has 7 nitrogen and oxygen atoms in total. The maximum Gasteiger partial charge on any atom is 0.269 e. The van der Waals surface area contributed by atoms with Crippen molar-refractivity contribution in [1.29, 1.82) is 0 Å². The first-order valence-electron chi connectivity index (χ1n) is 9.80. The summed E-state index contributed by atoms with van der Waals surface area (Å²) in [6.45, 7) is 3.13. The summed E-state index contributed by atoms with van der Waals surface area (Å²) in [6, 6.07) is 11.8. The van der Waals surface area contributed by atoms with Crippen molar-refractivity contribution in [1.82, 2.24) is 9.97 Å². The van der Waals surface area contributed by atoms with Gasteiger partial charge in [-0.3, -0.25) is 14.9 Å². The van der Waals surface area contributed by atoms with Crippen molar-refractivity contribution in [2.45, 2.75) is 13.8 Å². The van der Waals surface area contributed by atoms with Gasteiger partial charge in [-0.1, -0.05) is 0 Å². The lowest BCUT2D eigenvalue weighted by Gasteiger charge is -2.05. The molecule has 2 heterocycles. The topological polar surface area (TPSA) is 93.2 Å². The van der Waals surface area contributed by atoms with E-state index in [-0.39, 0.29) is 17.4 Å². The summed E-state index contributed by atoms with van der Waals surface area (Å²) >= 11 is 2.48. The first kappa shape index (κ1) is 22.6. The van der Waals surface area contributed by atoms with Crippen LogP contribution < -0.4 is 15.4 Å². The molecule has 0 aliphatic heterocycles. The number of hydrogen-bond donors (Lipinski definition) is 2. The number of hydrogen-bond acceptors (Lipinski definition) is 7. The second-order valence-electron chi connectivity index (χ2n) is 7.03. The number of carbonyl (C=O) groups is 2. The van der Waals surface area contributed by atoms with Gasteiger partial charge >= 0.3 is 0 Å². The van der Waals surface area contributed by atoms with Gasteiger partial charge < -0.3 is 10.1 Å². The van der Waals surface area contributed by atoms with E-state index in [1.165, 1.54) is 41.7 Å². The monoisotopic (exact) mass is 482 g/mol. The van der Waals surface area contributed by atoms with Crippen LogP contribution in [-0.2, 0) is 4.79 Å². The van der Waals surface area contributed by atoms with Crippen LogP contribution in [0.15, 0.2) is 47.8 Å². The summed E-state index contributed by atoms with van der Waals surface area (Å²) in [5.74, 6) is -0.390. The number of thiazole rings is 2. The molecule has 0 spiro atoms. The zero-order valence-corrected chi connectivity index (χ0v) is 19.6. The number of nitrogens with zero attached hydrogens (tertiary/aromatic N) is 2. The van der Waals surface area contributed by atoms with Gasteiger partial charge in [0.15, 0.2) is 5.13 Å². The van der Waals surface area contributed by atoms with E-state index in [4.69, 9.17) is 4.74 Å². The Labute approximate surface area is 197 Å². The minimum Gasteiger partial charge on any atom is -0.497 e. The lowest BCUT2D eigenvalue weighted by Crippen LogP contribution is -2.11. The number of methoxy groups -OCH3 is 1. The third-order valence-electron chi connectivity index (χ3n) is 4.63. The first-order valence-corrected chi connectivity index (χ1v) is 11.5. The molecule has 2 aromatic heterocycles. The van der Waals surface area contributed by atoms with E-state index < -0.39 is 5.82 Å². The molecule has 0 unspecified atom stereocenters. The van der Waals surface area contributed by atoms with E-state index in [2.05, 4.69) is 20.6 Å². The zero-order chi connectivity index (χ0) is 23.5. The van der Waals surface area contributed by atoms with E-state index in [1.807, 2.05) is 24.3 Å². The predicted octanol–water partition coefficient (Wildman–Crippen LogP) is 5.60. The quantitative estimate of drug-likeness (QED) is 0.373. The van der Waals surface area contributed by atoms with Gasteiger partial charge in [0.25, 0.3) is 5.91 Å². The van der Waals surface area contributed by atoms with Crippen molar-refractivity contribution < 1.29 is 18.7 Å². The number of aromatic nitrogens is 2. The lowest BCUT2D eigenvalue weighted by molar-refractivity contribution is -0.114. The molecule has 0 aliphatic rings. The molecule has 0 aliphatic carbocycles. The molecular weight excluding hydrogens is 463 g/mol. The van der Waals surface area contributed by atoms with Gasteiger partial charge in [-0.25, -0.2) is 14.4 Å². The summed E-state index contributed by atoms with van der Waals surface area (Å²) in [6.07, 6.45) is 0. The normalized spacial score (nSPS) is 10.7. The number of aryl methyl sites for hydroxylation is 1. The highest BCUT2D eigenvalue weighted by atomic mass is 32.1. The van der Waals surface area contributed by atoms with Crippen LogP contribution in [0.1, 0.15) is 22.3 Å². The summed E-state index contributed by atoms with van der Waals surface area (Å²) in [4.78, 5) is 33.3. The molecule has 0 saturated heterocycles. The van der Waals surface area contributed by atoms with E-state index in [1.54, 1.807) is 25.5 Å². The Morgan fingerprint density at radius 3 is 2.48 bits per heavy atom. The highest BCUT2D eigenvalue weighted by molar-refractivity contribution is 7.17. The summed E-state index contributed by atoms with van der Waals surface area (Å²) in [5, 5.41) is 8.03. The molecule has 0 fully saturated rings. The van der Waals surface area contributed by atoms with Crippen molar-refractivity contribution in [3.8, 4) is 27.6 Å². The van der Waals surface area contributed by atoms with Crippen LogP contribution >= 0.6 is 22.7 Å². The van der Waals surface area contributed by atoms with Gasteiger partial charge in [-0.15, -0.1) is 22.7 Å². The fraction of sp³-hybridized carbons (Fsp3) is 0.130. The number of rotatable bonds is 6. The molecule has 0 atom stereocenters. The van der Waals surface area contributed by atoms with Crippen LogP contribution in [0.5, 0.6) is 5.75 Å². The van der Waals surface area contributed by atoms with Gasteiger partial charge in [-0.2, -0.15) is 0 Å². The smallest absolute Gasteiger partial charge is 0.269 e. The average molecular weight is 483 g/mol. The van der Waals surface area contributed by atoms with Crippen LogP contribution in [-0.4, -0.2) is 28.9 Å². The highest BCUT2D eigenvalue weighted by Crippen LogP contribution is 2.32. The van der Waals surface area contributed by atoms with Crippen molar-refractivity contribution in [2.75, 3.05) is 17.7 Å². The molecule has 4 aromatic rings. The Balaban J connectivity index is 1.50. The molecule has 4 rings (SSSR count). The summed E-state index contributed by atoms with van der Waals surface area (Å²) in [5.41, 5.74) is 2.52. The zero-order valence-electron chi connectivity index (χ0n) is 17.9. The second kappa shape index (κ2) is 9.47. The van der Waals surface area contributed by atoms with Gasteiger partial charge in [0.05, 0.1) is 18.5 Å². The van der Waals surface area contributed by atoms with Crippen LogP contribution in [0.2, 0.25) is 0 Å². The fourth-order valence-corrected chi connectivity index (χ4v) is 4.75. The molecule has 2 aromatic carbocycles. The minimum atomic E-state index is -0.521. The van der Waals surface area contributed by atoms with Crippen molar-refractivity contribution in [2.24, 2.45) is 0 Å². The van der Waals surface area contributed by atoms with Gasteiger partial charge in [0.2, 0.25) is 5.91 Å². The Hall–Kier alpha value is -3.63. The van der Waals surface area contributed by atoms with Gasteiger partial charge in [0, 0.05) is 29.1 Å². The van der Waals surface area contributed by atoms with Crippen molar-refractivity contribution in [3.63, 3.8) is 0 Å². The fourth-order valence-electron chi connectivity index (χ4n) is 3.08. The summed E-state index contributed by atoms with van der Waals surface area (Å²) in [7, 11) is 1.60. The maximum atomic E-state index is 14.5. The predicted molar refractivity (Wildman–Crippen MR) is 129 cm³/mol. The highest BCUT2D eigenvalue weighted by Gasteiger charge is 2.18. The molecule has 168 valence electrons. The molecule has 0 saturated carbocycles. The van der Waals surface area contributed by atoms with Gasteiger partial charge in [0.1, 0.15) is 21.5 Å². The summed E-state index contributed by atoms with van der Waals surface area (Å²) < 4.78 is 19.7. The molecule has 10 heteroatoms. The largest absolute Gasteiger partial charge is 0.497 e. The Kier molecular flexibility index (Phi) is 6.47.